The zero-order valence-corrected chi connectivity index (χ0v) is 21.4. The van der Waals surface area contributed by atoms with Crippen LogP contribution in [0.5, 0.6) is 11.5 Å². The second-order valence-corrected chi connectivity index (χ2v) is 9.84. The molecule has 0 saturated heterocycles. The van der Waals surface area contributed by atoms with Crippen LogP contribution in [0.4, 0.5) is 0 Å². The van der Waals surface area contributed by atoms with E-state index in [1.165, 1.54) is 0 Å². The minimum absolute atomic E-state index is 0.0975. The van der Waals surface area contributed by atoms with Gasteiger partial charge in [0.15, 0.2) is 24.2 Å². The van der Waals surface area contributed by atoms with Crippen LogP contribution in [0.3, 0.4) is 0 Å². The number of pyridine rings is 1. The van der Waals surface area contributed by atoms with E-state index in [2.05, 4.69) is 0 Å². The molecule has 0 saturated carbocycles. The normalized spacial score (nSPS) is 16.4. The van der Waals surface area contributed by atoms with Gasteiger partial charge in [-0.05, 0) is 29.3 Å². The molecule has 9 nitrogen and oxygen atoms in total. The van der Waals surface area contributed by atoms with Gasteiger partial charge >= 0.3 is 0 Å². The SMILES string of the molecule is O=S(=O)([O-])CC[n+]1ccc(/C=C/c2ccc3c(c2)OCCOCCOCCOCCO3)c2ccccc21. The molecule has 0 amide bonds. The van der Waals surface area contributed by atoms with Crippen molar-refractivity contribution < 1.29 is 41.2 Å². The van der Waals surface area contributed by atoms with Crippen molar-refractivity contribution in [3.05, 3.63) is 65.9 Å². The summed E-state index contributed by atoms with van der Waals surface area (Å²) in [5, 5.41) is 0.944. The first-order valence-corrected chi connectivity index (χ1v) is 13.7. The summed E-state index contributed by atoms with van der Waals surface area (Å²) in [5.41, 5.74) is 2.72. The van der Waals surface area contributed by atoms with Crippen LogP contribution >= 0.6 is 0 Å². The van der Waals surface area contributed by atoms with Gasteiger partial charge in [-0.2, -0.15) is 4.57 Å². The molecule has 2 aromatic carbocycles. The van der Waals surface area contributed by atoms with Crippen LogP contribution in [0.1, 0.15) is 11.1 Å². The quantitative estimate of drug-likeness (QED) is 0.367. The van der Waals surface area contributed by atoms with Gasteiger partial charge in [0.25, 0.3) is 0 Å². The van der Waals surface area contributed by atoms with E-state index in [1.54, 1.807) is 10.8 Å². The number of hydrogen-bond donors (Lipinski definition) is 0. The Morgan fingerprint density at radius 2 is 1.43 bits per heavy atom. The summed E-state index contributed by atoms with van der Waals surface area (Å²) < 4.78 is 63.4. The van der Waals surface area contributed by atoms with Crippen molar-refractivity contribution >= 4 is 33.2 Å². The molecule has 0 spiro atoms. The van der Waals surface area contributed by atoms with Crippen molar-refractivity contribution in [2.24, 2.45) is 0 Å². The first-order chi connectivity index (χ1) is 18.0. The van der Waals surface area contributed by atoms with Crippen molar-refractivity contribution in [1.29, 1.82) is 0 Å². The maximum absolute atomic E-state index is 11.1. The third-order valence-electron chi connectivity index (χ3n) is 5.68. The molecule has 0 N–H and O–H groups in total. The summed E-state index contributed by atoms with van der Waals surface area (Å²) in [6.07, 6.45) is 5.76. The molecule has 3 aromatic rings. The van der Waals surface area contributed by atoms with Gasteiger partial charge in [0, 0.05) is 12.1 Å². The van der Waals surface area contributed by atoms with Gasteiger partial charge in [-0.1, -0.05) is 30.4 Å². The number of benzene rings is 2. The van der Waals surface area contributed by atoms with Gasteiger partial charge in [-0.25, -0.2) is 8.42 Å². The highest BCUT2D eigenvalue weighted by atomic mass is 32.2. The smallest absolute Gasteiger partial charge is 0.213 e. The number of nitrogens with zero attached hydrogens (tertiary/aromatic N) is 1. The maximum atomic E-state index is 11.1. The lowest BCUT2D eigenvalue weighted by Crippen LogP contribution is -2.37. The Hall–Kier alpha value is -3.02. The number of fused-ring (bicyclic) bond motifs is 2. The average Bonchev–Trinajstić information content (AvgIpc) is 2.90. The first-order valence-electron chi connectivity index (χ1n) is 12.2. The van der Waals surface area contributed by atoms with Crippen molar-refractivity contribution in [2.75, 3.05) is 58.6 Å². The molecular formula is C27H31NO8S. The van der Waals surface area contributed by atoms with Crippen molar-refractivity contribution in [2.45, 2.75) is 6.54 Å². The van der Waals surface area contributed by atoms with E-state index in [4.69, 9.17) is 23.7 Å². The molecule has 1 aliphatic rings. The lowest BCUT2D eigenvalue weighted by Gasteiger charge is -2.13. The molecule has 1 aliphatic heterocycles. The van der Waals surface area contributed by atoms with Crippen molar-refractivity contribution in [1.82, 2.24) is 0 Å². The zero-order valence-electron chi connectivity index (χ0n) is 20.5. The van der Waals surface area contributed by atoms with Gasteiger partial charge < -0.3 is 28.2 Å². The Morgan fingerprint density at radius 3 is 2.14 bits per heavy atom. The molecule has 1 aromatic heterocycles. The second-order valence-electron chi connectivity index (χ2n) is 8.32. The Labute approximate surface area is 216 Å². The molecule has 0 aliphatic carbocycles. The number of aromatic nitrogens is 1. The van der Waals surface area contributed by atoms with E-state index in [-0.39, 0.29) is 6.54 Å². The average molecular weight is 530 g/mol. The van der Waals surface area contributed by atoms with E-state index in [9.17, 15) is 13.0 Å². The number of ether oxygens (including phenoxy) is 5. The first kappa shape index (κ1) is 27.0. The van der Waals surface area contributed by atoms with Crippen LogP contribution in [0.15, 0.2) is 54.7 Å². The summed E-state index contributed by atoms with van der Waals surface area (Å²) in [7, 11) is -4.30. The molecule has 0 fully saturated rings. The fourth-order valence-corrected chi connectivity index (χ4v) is 4.29. The summed E-state index contributed by atoms with van der Waals surface area (Å²) >= 11 is 0. The van der Waals surface area contributed by atoms with E-state index >= 15 is 0 Å². The highest BCUT2D eigenvalue weighted by molar-refractivity contribution is 7.85. The predicted molar refractivity (Wildman–Crippen MR) is 138 cm³/mol. The molecule has 0 bridgehead atoms. The third-order valence-corrected chi connectivity index (χ3v) is 6.36. The van der Waals surface area contributed by atoms with Gasteiger partial charge in [-0.15, -0.1) is 0 Å². The van der Waals surface area contributed by atoms with E-state index in [1.807, 2.05) is 60.7 Å². The van der Waals surface area contributed by atoms with E-state index < -0.39 is 15.9 Å². The van der Waals surface area contributed by atoms with Crippen molar-refractivity contribution in [3.8, 4) is 11.5 Å². The minimum atomic E-state index is -4.30. The van der Waals surface area contributed by atoms with Gasteiger partial charge in [0.1, 0.15) is 23.3 Å². The lowest BCUT2D eigenvalue weighted by atomic mass is 10.1. The van der Waals surface area contributed by atoms with Crippen LogP contribution < -0.4 is 14.0 Å². The summed E-state index contributed by atoms with van der Waals surface area (Å²) in [6.45, 7) is 3.78. The van der Waals surface area contributed by atoms with Crippen molar-refractivity contribution in [3.63, 3.8) is 0 Å². The van der Waals surface area contributed by atoms with Crippen LogP contribution in [-0.2, 0) is 30.9 Å². The zero-order chi connectivity index (χ0) is 25.9. The largest absolute Gasteiger partial charge is 0.748 e. The molecule has 37 heavy (non-hydrogen) atoms. The molecule has 10 heteroatoms. The molecule has 4 rings (SSSR count). The third kappa shape index (κ3) is 8.51. The highest BCUT2D eigenvalue weighted by Crippen LogP contribution is 2.29. The lowest BCUT2D eigenvalue weighted by molar-refractivity contribution is -0.666. The Balaban J connectivity index is 1.53. The minimum Gasteiger partial charge on any atom is -0.748 e. The standard InChI is InChI=1S/C27H31NO8S/c29-37(30,31)20-11-28-10-9-23(24-3-1-2-4-25(24)28)7-5-22-6-8-26-27(21-22)36-19-17-34-15-13-32-12-14-33-16-18-35-26/h1-10,21H,11-20H2/b7-5+. The van der Waals surface area contributed by atoms with E-state index in [0.717, 1.165) is 22.0 Å². The molecule has 198 valence electrons. The fraction of sp³-hybridized carbons (Fsp3) is 0.370. The second kappa shape index (κ2) is 13.5. The number of hydrogen-bond acceptors (Lipinski definition) is 8. The van der Waals surface area contributed by atoms with Crippen LogP contribution in [0.2, 0.25) is 0 Å². The molecule has 0 atom stereocenters. The van der Waals surface area contributed by atoms with Gasteiger partial charge in [-0.3, -0.25) is 0 Å². The molecule has 0 radical (unpaired) electrons. The van der Waals surface area contributed by atoms with E-state index in [0.29, 0.717) is 64.4 Å². The van der Waals surface area contributed by atoms with Crippen LogP contribution in [-0.4, -0.2) is 71.6 Å². The number of rotatable bonds is 5. The topological polar surface area (TPSA) is 107 Å². The fourth-order valence-electron chi connectivity index (χ4n) is 3.87. The highest BCUT2D eigenvalue weighted by Gasteiger charge is 2.13. The summed E-state index contributed by atoms with van der Waals surface area (Å²) in [6, 6.07) is 15.3. The summed E-state index contributed by atoms with van der Waals surface area (Å²) in [4.78, 5) is 0. The Morgan fingerprint density at radius 1 is 0.784 bits per heavy atom. The van der Waals surface area contributed by atoms with Crippen LogP contribution in [0, 0.1) is 0 Å². The maximum Gasteiger partial charge on any atom is 0.213 e. The number of para-hydroxylation sites is 1. The van der Waals surface area contributed by atoms with Gasteiger partial charge in [0.2, 0.25) is 5.52 Å². The predicted octanol–water partition coefficient (Wildman–Crippen LogP) is 2.66. The Bertz CT molecular complexity index is 1310. The van der Waals surface area contributed by atoms with Gasteiger partial charge in [0.05, 0.1) is 50.8 Å². The molecule has 2 heterocycles. The Kier molecular flexibility index (Phi) is 9.86. The molecular weight excluding hydrogens is 498 g/mol. The monoisotopic (exact) mass is 529 g/mol. The summed E-state index contributed by atoms with van der Waals surface area (Å²) in [5.74, 6) is 0.789. The number of aryl methyl sites for hydroxylation is 1. The molecule has 0 unspecified atom stereocenters. The van der Waals surface area contributed by atoms with Crippen LogP contribution in [0.25, 0.3) is 23.1 Å².